The Morgan fingerprint density at radius 1 is 1.67 bits per heavy atom. The van der Waals surface area contributed by atoms with E-state index in [0.717, 1.165) is 12.8 Å². The summed E-state index contributed by atoms with van der Waals surface area (Å²) >= 11 is 0. The number of carbonyl (C=O) groups excluding carboxylic acids is 1. The topological polar surface area (TPSA) is 41.1 Å². The summed E-state index contributed by atoms with van der Waals surface area (Å²) in [7, 11) is 0. The molecule has 0 radical (unpaired) electrons. The first-order valence-electron chi connectivity index (χ1n) is 4.42. The van der Waals surface area contributed by atoms with E-state index < -0.39 is 0 Å². The van der Waals surface area contributed by atoms with Crippen molar-refractivity contribution in [1.82, 2.24) is 10.6 Å². The summed E-state index contributed by atoms with van der Waals surface area (Å²) in [5.41, 5.74) is 0. The Labute approximate surface area is 73.2 Å². The van der Waals surface area contributed by atoms with Crippen LogP contribution in [0.3, 0.4) is 0 Å². The fourth-order valence-electron chi connectivity index (χ4n) is 1.05. The molecule has 1 aliphatic carbocycles. The molecule has 1 unspecified atom stereocenters. The molecule has 68 valence electrons. The molecule has 1 saturated carbocycles. The molecule has 2 N–H and O–H groups in total. The smallest absolute Gasteiger partial charge is 0.315 e. The summed E-state index contributed by atoms with van der Waals surface area (Å²) in [6, 6.07) is 0.374. The summed E-state index contributed by atoms with van der Waals surface area (Å²) in [6.07, 6.45) is 5.19. The van der Waals surface area contributed by atoms with Crippen molar-refractivity contribution < 1.29 is 4.79 Å². The van der Waals surface area contributed by atoms with Crippen molar-refractivity contribution in [1.29, 1.82) is 0 Å². The summed E-state index contributed by atoms with van der Waals surface area (Å²) in [5.74, 6) is 0. The molecule has 1 aliphatic rings. The van der Waals surface area contributed by atoms with Crippen LogP contribution >= 0.6 is 0 Å². The first kappa shape index (κ1) is 9.10. The number of hydrogen-bond donors (Lipinski definition) is 2. The lowest BCUT2D eigenvalue weighted by atomic mass is 9.93. The number of urea groups is 1. The van der Waals surface area contributed by atoms with Gasteiger partial charge in [-0.05, 0) is 26.2 Å². The van der Waals surface area contributed by atoms with Gasteiger partial charge in [-0.1, -0.05) is 6.08 Å². The number of rotatable bonds is 3. The normalized spacial score (nSPS) is 19.1. The molecule has 0 aromatic heterocycles. The van der Waals surface area contributed by atoms with Crippen LogP contribution in [0.4, 0.5) is 4.79 Å². The van der Waals surface area contributed by atoms with Crippen LogP contribution < -0.4 is 10.6 Å². The molecule has 3 heteroatoms. The number of hydrogen-bond acceptors (Lipinski definition) is 1. The van der Waals surface area contributed by atoms with Gasteiger partial charge >= 0.3 is 6.03 Å². The second-order valence-electron chi connectivity index (χ2n) is 3.27. The van der Waals surface area contributed by atoms with E-state index in [9.17, 15) is 4.79 Å². The zero-order valence-electron chi connectivity index (χ0n) is 7.47. The quantitative estimate of drug-likeness (QED) is 0.615. The van der Waals surface area contributed by atoms with Crippen molar-refractivity contribution in [3.8, 4) is 0 Å². The lowest BCUT2D eigenvalue weighted by Crippen LogP contribution is -2.47. The zero-order valence-corrected chi connectivity index (χ0v) is 7.47. The molecule has 0 spiro atoms. The second kappa shape index (κ2) is 4.14. The van der Waals surface area contributed by atoms with Crippen LogP contribution in [-0.2, 0) is 0 Å². The van der Waals surface area contributed by atoms with Crippen molar-refractivity contribution in [2.75, 3.05) is 0 Å². The van der Waals surface area contributed by atoms with E-state index in [4.69, 9.17) is 0 Å². The average Bonchev–Trinajstić information content (AvgIpc) is 1.97. The highest BCUT2D eigenvalue weighted by molar-refractivity contribution is 5.74. The lowest BCUT2D eigenvalue weighted by Gasteiger charge is -2.26. The highest BCUT2D eigenvalue weighted by Crippen LogP contribution is 2.17. The first-order valence-corrected chi connectivity index (χ1v) is 4.42. The van der Waals surface area contributed by atoms with E-state index in [2.05, 4.69) is 17.2 Å². The minimum absolute atomic E-state index is 0.0464. The molecule has 1 atom stereocenters. The van der Waals surface area contributed by atoms with Gasteiger partial charge in [0.15, 0.2) is 0 Å². The highest BCUT2D eigenvalue weighted by Gasteiger charge is 2.19. The number of nitrogens with one attached hydrogen (secondary N) is 2. The van der Waals surface area contributed by atoms with Gasteiger partial charge in [-0.15, -0.1) is 6.58 Å². The van der Waals surface area contributed by atoms with E-state index in [0.29, 0.717) is 6.04 Å². The van der Waals surface area contributed by atoms with Crippen molar-refractivity contribution in [3.63, 3.8) is 0 Å². The molecule has 0 saturated heterocycles. The lowest BCUT2D eigenvalue weighted by molar-refractivity contribution is 0.227. The Hall–Kier alpha value is -0.990. The largest absolute Gasteiger partial charge is 0.335 e. The Morgan fingerprint density at radius 3 is 2.75 bits per heavy atom. The van der Waals surface area contributed by atoms with Crippen LogP contribution in [0.5, 0.6) is 0 Å². The van der Waals surface area contributed by atoms with Crippen LogP contribution in [0.2, 0.25) is 0 Å². The first-order chi connectivity index (χ1) is 5.72. The summed E-state index contributed by atoms with van der Waals surface area (Å²) in [6.45, 7) is 5.48. The fraction of sp³-hybridized carbons (Fsp3) is 0.667. The Bertz CT molecular complexity index is 175. The van der Waals surface area contributed by atoms with Crippen LogP contribution in [0.25, 0.3) is 0 Å². The highest BCUT2D eigenvalue weighted by atomic mass is 16.2. The van der Waals surface area contributed by atoms with Gasteiger partial charge < -0.3 is 10.6 Å². The Morgan fingerprint density at radius 2 is 2.33 bits per heavy atom. The third-order valence-corrected chi connectivity index (χ3v) is 2.15. The maximum Gasteiger partial charge on any atom is 0.315 e. The van der Waals surface area contributed by atoms with Crippen LogP contribution in [-0.4, -0.2) is 18.1 Å². The standard InChI is InChI=1S/C9H16N2O/c1-3-7(2)10-9(12)11-8-5-4-6-8/h3,7-8H,1,4-6H2,2H3,(H2,10,11,12). The molecule has 1 rings (SSSR count). The molecule has 2 amide bonds. The van der Waals surface area contributed by atoms with Crippen molar-refractivity contribution in [2.24, 2.45) is 0 Å². The van der Waals surface area contributed by atoms with Crippen molar-refractivity contribution in [2.45, 2.75) is 38.3 Å². The molecule has 0 aromatic carbocycles. The summed E-state index contributed by atoms with van der Waals surface area (Å²) in [5, 5.41) is 5.64. The van der Waals surface area contributed by atoms with Crippen molar-refractivity contribution in [3.05, 3.63) is 12.7 Å². The Kier molecular flexibility index (Phi) is 3.14. The number of carbonyl (C=O) groups is 1. The van der Waals surface area contributed by atoms with Gasteiger partial charge in [0.05, 0.1) is 0 Å². The predicted octanol–water partition coefficient (Wildman–Crippen LogP) is 1.41. The van der Waals surface area contributed by atoms with Gasteiger partial charge in [0, 0.05) is 12.1 Å². The van der Waals surface area contributed by atoms with Gasteiger partial charge in [-0.2, -0.15) is 0 Å². The monoisotopic (exact) mass is 168 g/mol. The molecule has 0 aromatic rings. The molecule has 3 nitrogen and oxygen atoms in total. The van der Waals surface area contributed by atoms with Crippen LogP contribution in [0.1, 0.15) is 26.2 Å². The van der Waals surface area contributed by atoms with Gasteiger partial charge in [0.25, 0.3) is 0 Å². The molecule has 0 aliphatic heterocycles. The molecule has 12 heavy (non-hydrogen) atoms. The van der Waals surface area contributed by atoms with E-state index in [1.54, 1.807) is 6.08 Å². The minimum atomic E-state index is -0.0768. The minimum Gasteiger partial charge on any atom is -0.335 e. The molecule has 0 heterocycles. The van der Waals surface area contributed by atoms with Gasteiger partial charge in [-0.3, -0.25) is 0 Å². The van der Waals surface area contributed by atoms with Gasteiger partial charge in [0.1, 0.15) is 0 Å². The third kappa shape index (κ3) is 2.57. The van der Waals surface area contributed by atoms with E-state index in [1.807, 2.05) is 6.92 Å². The van der Waals surface area contributed by atoms with Gasteiger partial charge in [0.2, 0.25) is 0 Å². The summed E-state index contributed by atoms with van der Waals surface area (Å²) in [4.78, 5) is 11.1. The fourth-order valence-corrected chi connectivity index (χ4v) is 1.05. The van der Waals surface area contributed by atoms with E-state index in [1.165, 1.54) is 6.42 Å². The van der Waals surface area contributed by atoms with Gasteiger partial charge in [-0.25, -0.2) is 4.79 Å². The van der Waals surface area contributed by atoms with Crippen LogP contribution in [0, 0.1) is 0 Å². The molecule has 1 fully saturated rings. The van der Waals surface area contributed by atoms with Crippen LogP contribution in [0.15, 0.2) is 12.7 Å². The number of amides is 2. The second-order valence-corrected chi connectivity index (χ2v) is 3.27. The molecule has 0 bridgehead atoms. The van der Waals surface area contributed by atoms with E-state index in [-0.39, 0.29) is 12.1 Å². The summed E-state index contributed by atoms with van der Waals surface area (Å²) < 4.78 is 0. The third-order valence-electron chi connectivity index (χ3n) is 2.15. The zero-order chi connectivity index (χ0) is 8.97. The maximum atomic E-state index is 11.1. The average molecular weight is 168 g/mol. The van der Waals surface area contributed by atoms with Crippen molar-refractivity contribution >= 4 is 6.03 Å². The molecular weight excluding hydrogens is 152 g/mol. The molecular formula is C9H16N2O. The van der Waals surface area contributed by atoms with E-state index >= 15 is 0 Å². The SMILES string of the molecule is C=CC(C)NC(=O)NC1CCC1. The maximum absolute atomic E-state index is 11.1. The Balaban J connectivity index is 2.14. The predicted molar refractivity (Wildman–Crippen MR) is 49.0 cm³/mol.